The lowest BCUT2D eigenvalue weighted by molar-refractivity contribution is 0.0960. The van der Waals surface area contributed by atoms with Crippen LogP contribution in [-0.2, 0) is 0 Å². The van der Waals surface area contributed by atoms with E-state index in [0.717, 1.165) is 25.1 Å². The van der Waals surface area contributed by atoms with Crippen LogP contribution < -0.4 is 10.6 Å². The van der Waals surface area contributed by atoms with Gasteiger partial charge in [-0.05, 0) is 30.8 Å². The van der Waals surface area contributed by atoms with E-state index in [1.54, 1.807) is 0 Å². The van der Waals surface area contributed by atoms with Crippen LogP contribution in [0.4, 0.5) is 0 Å². The van der Waals surface area contributed by atoms with Crippen LogP contribution in [0.1, 0.15) is 21.7 Å². The Balaban J connectivity index is 0.00000162. The molecule has 2 rings (SSSR count). The van der Waals surface area contributed by atoms with Gasteiger partial charge in [-0.2, -0.15) is 0 Å². The van der Waals surface area contributed by atoms with Crippen LogP contribution in [0.25, 0.3) is 0 Å². The molecule has 1 aliphatic rings. The lowest BCUT2D eigenvalue weighted by Crippen LogP contribution is -2.29. The summed E-state index contributed by atoms with van der Waals surface area (Å²) < 4.78 is 0. The van der Waals surface area contributed by atoms with Crippen molar-refractivity contribution in [1.29, 1.82) is 0 Å². The highest BCUT2D eigenvalue weighted by atomic mass is 35.5. The maximum atomic E-state index is 11.9. The number of nitrogens with one attached hydrogen (secondary N) is 2. The van der Waals surface area contributed by atoms with Crippen molar-refractivity contribution < 1.29 is 4.79 Å². The molecule has 0 fully saturated rings. The van der Waals surface area contributed by atoms with Gasteiger partial charge >= 0.3 is 0 Å². The van der Waals surface area contributed by atoms with Gasteiger partial charge in [0.25, 0.3) is 5.91 Å². The minimum absolute atomic E-state index is 0. The van der Waals surface area contributed by atoms with Crippen LogP contribution in [0, 0.1) is 6.92 Å². The maximum Gasteiger partial charge on any atom is 0.263 e. The first-order valence-corrected chi connectivity index (χ1v) is 6.84. The van der Waals surface area contributed by atoms with Gasteiger partial charge in [0.2, 0.25) is 0 Å². The zero-order valence-corrected chi connectivity index (χ0v) is 12.5. The Morgan fingerprint density at radius 2 is 2.39 bits per heavy atom. The van der Waals surface area contributed by atoms with Crippen molar-refractivity contribution in [3.8, 4) is 0 Å². The Bertz CT molecular complexity index is 457. The summed E-state index contributed by atoms with van der Waals surface area (Å²) in [6, 6.07) is 0. The fraction of sp³-hybridized carbons (Fsp3) is 0.417. The summed E-state index contributed by atoms with van der Waals surface area (Å²) in [5.41, 5.74) is 2.24. The fourth-order valence-electron chi connectivity index (χ4n) is 1.69. The van der Waals surface area contributed by atoms with Crippen LogP contribution in [-0.4, -0.2) is 25.5 Å². The Labute approximate surface area is 122 Å². The van der Waals surface area contributed by atoms with Gasteiger partial charge in [-0.15, -0.1) is 23.7 Å². The topological polar surface area (TPSA) is 41.1 Å². The zero-order valence-electron chi connectivity index (χ0n) is 10.1. The Hall–Kier alpha value is -0.550. The Morgan fingerprint density at radius 1 is 1.61 bits per heavy atom. The molecule has 1 aromatic rings. The molecule has 18 heavy (non-hydrogen) atoms. The molecule has 0 saturated carbocycles. The van der Waals surface area contributed by atoms with E-state index in [0.29, 0.717) is 16.4 Å². The molecule has 0 aliphatic carbocycles. The van der Waals surface area contributed by atoms with Gasteiger partial charge in [-0.25, -0.2) is 0 Å². The van der Waals surface area contributed by atoms with Crippen LogP contribution in [0.15, 0.2) is 17.0 Å². The van der Waals surface area contributed by atoms with Gasteiger partial charge in [0.1, 0.15) is 4.88 Å². The molecule has 3 nitrogen and oxygen atoms in total. The first kappa shape index (κ1) is 15.5. The Morgan fingerprint density at radius 3 is 2.94 bits per heavy atom. The monoisotopic (exact) mass is 306 g/mol. The highest BCUT2D eigenvalue weighted by Crippen LogP contribution is 2.26. The lowest BCUT2D eigenvalue weighted by atomic mass is 10.1. The van der Waals surface area contributed by atoms with Crippen molar-refractivity contribution in [3.05, 3.63) is 32.5 Å². The minimum Gasteiger partial charge on any atom is -0.348 e. The molecule has 1 aromatic heterocycles. The molecule has 0 unspecified atom stereocenters. The second-order valence-corrected chi connectivity index (χ2v) is 5.32. The largest absolute Gasteiger partial charge is 0.348 e. The third-order valence-corrected chi connectivity index (χ3v) is 4.44. The molecule has 0 atom stereocenters. The van der Waals surface area contributed by atoms with Crippen molar-refractivity contribution in [3.63, 3.8) is 0 Å². The molecule has 1 amide bonds. The van der Waals surface area contributed by atoms with E-state index in [2.05, 4.69) is 16.7 Å². The molecule has 0 saturated heterocycles. The van der Waals surface area contributed by atoms with Crippen molar-refractivity contribution >= 4 is 41.3 Å². The van der Waals surface area contributed by atoms with E-state index in [1.807, 2.05) is 12.3 Å². The molecule has 0 aromatic carbocycles. The number of halogens is 2. The molecule has 100 valence electrons. The fourth-order valence-corrected chi connectivity index (χ4v) is 2.88. The van der Waals surface area contributed by atoms with Crippen molar-refractivity contribution in [2.24, 2.45) is 0 Å². The minimum atomic E-state index is -0.0764. The average Bonchev–Trinajstić information content (AvgIpc) is 2.69. The third-order valence-electron chi connectivity index (χ3n) is 2.74. The number of hydrogen-bond acceptors (Lipinski definition) is 3. The number of rotatable bonds is 3. The van der Waals surface area contributed by atoms with Gasteiger partial charge in [-0.3, -0.25) is 4.79 Å². The molecule has 2 N–H and O–H groups in total. The quantitative estimate of drug-likeness (QED) is 0.843. The van der Waals surface area contributed by atoms with Gasteiger partial charge in [0, 0.05) is 13.1 Å². The number of amides is 1. The molecular formula is C12H16Cl2N2OS. The number of hydrogen-bond donors (Lipinski definition) is 2. The van der Waals surface area contributed by atoms with Gasteiger partial charge < -0.3 is 10.6 Å². The lowest BCUT2D eigenvalue weighted by Gasteiger charge is -2.14. The molecule has 0 bridgehead atoms. The van der Waals surface area contributed by atoms with Gasteiger partial charge in [0.15, 0.2) is 0 Å². The summed E-state index contributed by atoms with van der Waals surface area (Å²) in [5, 5.41) is 8.63. The first-order chi connectivity index (χ1) is 8.18. The summed E-state index contributed by atoms with van der Waals surface area (Å²) in [5.74, 6) is -0.0764. The highest BCUT2D eigenvalue weighted by molar-refractivity contribution is 7.13. The summed E-state index contributed by atoms with van der Waals surface area (Å²) in [7, 11) is 0. The van der Waals surface area contributed by atoms with E-state index in [4.69, 9.17) is 11.6 Å². The van der Waals surface area contributed by atoms with Crippen LogP contribution >= 0.6 is 35.3 Å². The number of carbonyl (C=O) groups excluding carboxylic acids is 1. The third kappa shape index (κ3) is 3.72. The Kier molecular flexibility index (Phi) is 6.15. The molecule has 6 heteroatoms. The highest BCUT2D eigenvalue weighted by Gasteiger charge is 2.14. The van der Waals surface area contributed by atoms with E-state index >= 15 is 0 Å². The summed E-state index contributed by atoms with van der Waals surface area (Å²) in [6.07, 6.45) is 3.13. The molecular weight excluding hydrogens is 291 g/mol. The van der Waals surface area contributed by atoms with Crippen molar-refractivity contribution in [1.82, 2.24) is 10.6 Å². The predicted octanol–water partition coefficient (Wildman–Crippen LogP) is 2.78. The van der Waals surface area contributed by atoms with Gasteiger partial charge in [-0.1, -0.05) is 23.3 Å². The second kappa shape index (κ2) is 7.14. The molecule has 1 aliphatic heterocycles. The first-order valence-electron chi connectivity index (χ1n) is 5.59. The normalized spacial score (nSPS) is 14.7. The predicted molar refractivity (Wildman–Crippen MR) is 79.2 cm³/mol. The van der Waals surface area contributed by atoms with E-state index in [9.17, 15) is 4.79 Å². The van der Waals surface area contributed by atoms with Crippen molar-refractivity contribution in [2.45, 2.75) is 13.3 Å². The molecule has 0 spiro atoms. The standard InChI is InChI=1S/C12H15ClN2OS.ClH/c1-8-7-17-11(10(8)13)12(16)15-6-9-2-4-14-5-3-9;/h2,7,14H,3-6H2,1H3,(H,15,16);1H. The van der Waals surface area contributed by atoms with E-state index in [-0.39, 0.29) is 18.3 Å². The molecule has 2 heterocycles. The van der Waals surface area contributed by atoms with E-state index < -0.39 is 0 Å². The van der Waals surface area contributed by atoms with E-state index in [1.165, 1.54) is 16.9 Å². The SMILES string of the molecule is Cc1csc(C(=O)NCC2=CCNCC2)c1Cl.Cl. The van der Waals surface area contributed by atoms with Gasteiger partial charge in [0.05, 0.1) is 5.02 Å². The average molecular weight is 307 g/mol. The smallest absolute Gasteiger partial charge is 0.263 e. The van der Waals surface area contributed by atoms with Crippen molar-refractivity contribution in [2.75, 3.05) is 19.6 Å². The van der Waals surface area contributed by atoms with Crippen LogP contribution in [0.3, 0.4) is 0 Å². The second-order valence-electron chi connectivity index (χ2n) is 4.06. The number of aryl methyl sites for hydroxylation is 1. The zero-order chi connectivity index (χ0) is 12.3. The summed E-state index contributed by atoms with van der Waals surface area (Å²) in [4.78, 5) is 12.5. The van der Waals surface area contributed by atoms with Crippen LogP contribution in [0.2, 0.25) is 5.02 Å². The number of carbonyl (C=O) groups is 1. The maximum absolute atomic E-state index is 11.9. The van der Waals surface area contributed by atoms with Crippen LogP contribution in [0.5, 0.6) is 0 Å². The molecule has 0 radical (unpaired) electrons. The summed E-state index contributed by atoms with van der Waals surface area (Å²) >= 11 is 7.45. The number of thiophene rings is 1. The summed E-state index contributed by atoms with van der Waals surface area (Å²) in [6.45, 7) is 4.41.